The van der Waals surface area contributed by atoms with Crippen LogP contribution in [0, 0.1) is 5.41 Å². The summed E-state index contributed by atoms with van der Waals surface area (Å²) in [6.07, 6.45) is 9.39. The molecule has 19 heavy (non-hydrogen) atoms. The van der Waals surface area contributed by atoms with Gasteiger partial charge in [-0.05, 0) is 67.2 Å². The van der Waals surface area contributed by atoms with E-state index in [2.05, 4.69) is 46.4 Å². The third-order valence-corrected chi connectivity index (χ3v) is 5.39. The van der Waals surface area contributed by atoms with Crippen molar-refractivity contribution in [2.24, 2.45) is 5.41 Å². The first kappa shape index (κ1) is 13.6. The topological polar surface area (TPSA) is 12.0 Å². The Morgan fingerprint density at radius 2 is 2.16 bits per heavy atom. The van der Waals surface area contributed by atoms with Crippen LogP contribution in [0.25, 0.3) is 0 Å². The third-order valence-electron chi connectivity index (χ3n) is 4.90. The lowest BCUT2D eigenvalue weighted by Gasteiger charge is -2.28. The zero-order valence-electron chi connectivity index (χ0n) is 11.8. The van der Waals surface area contributed by atoms with Gasteiger partial charge in [-0.25, -0.2) is 0 Å². The molecule has 1 atom stereocenters. The zero-order valence-corrected chi connectivity index (χ0v) is 13.4. The predicted molar refractivity (Wildman–Crippen MR) is 84.5 cm³/mol. The largest absolute Gasteiger partial charge is 0.313 e. The summed E-state index contributed by atoms with van der Waals surface area (Å²) in [6.45, 7) is 3.56. The summed E-state index contributed by atoms with van der Waals surface area (Å²) in [5, 5.41) is 3.85. The average Bonchev–Trinajstić information content (AvgIpc) is 3.17. The zero-order chi connectivity index (χ0) is 13.3. The van der Waals surface area contributed by atoms with Crippen LogP contribution in [0.4, 0.5) is 0 Å². The van der Waals surface area contributed by atoms with E-state index in [0.29, 0.717) is 11.5 Å². The lowest BCUT2D eigenvalue weighted by molar-refractivity contribution is 0.366. The van der Waals surface area contributed by atoms with Gasteiger partial charge < -0.3 is 5.32 Å². The highest BCUT2D eigenvalue weighted by atomic mass is 79.9. The monoisotopic (exact) mass is 321 g/mol. The molecule has 0 aromatic heterocycles. The van der Waals surface area contributed by atoms with E-state index in [0.717, 1.165) is 0 Å². The smallest absolute Gasteiger partial charge is 0.0178 e. The second kappa shape index (κ2) is 5.57. The van der Waals surface area contributed by atoms with Crippen LogP contribution in [0.15, 0.2) is 22.7 Å². The fourth-order valence-electron chi connectivity index (χ4n) is 3.48. The van der Waals surface area contributed by atoms with E-state index >= 15 is 0 Å². The van der Waals surface area contributed by atoms with E-state index in [1.807, 2.05) is 0 Å². The molecule has 2 heteroatoms. The minimum absolute atomic E-state index is 0.675. The number of halogens is 1. The van der Waals surface area contributed by atoms with Crippen LogP contribution in [0.5, 0.6) is 0 Å². The summed E-state index contributed by atoms with van der Waals surface area (Å²) in [7, 11) is 0. The van der Waals surface area contributed by atoms with Gasteiger partial charge in [-0.1, -0.05) is 35.3 Å². The van der Waals surface area contributed by atoms with Crippen molar-refractivity contribution in [3.05, 3.63) is 33.8 Å². The summed E-state index contributed by atoms with van der Waals surface area (Å²) in [5.41, 5.74) is 3.77. The van der Waals surface area contributed by atoms with Crippen molar-refractivity contribution in [2.45, 2.75) is 57.9 Å². The molecule has 2 aliphatic rings. The fourth-order valence-corrected chi connectivity index (χ4v) is 3.89. The summed E-state index contributed by atoms with van der Waals surface area (Å²) in [6, 6.07) is 7.47. The first-order valence-electron chi connectivity index (χ1n) is 7.71. The van der Waals surface area contributed by atoms with Gasteiger partial charge in [0.05, 0.1) is 0 Å². The molecule has 1 fully saturated rings. The van der Waals surface area contributed by atoms with Gasteiger partial charge >= 0.3 is 0 Å². The van der Waals surface area contributed by atoms with Gasteiger partial charge in [0.15, 0.2) is 0 Å². The predicted octanol–water partition coefficient (Wildman–Crippen LogP) is 4.48. The Morgan fingerprint density at radius 3 is 2.89 bits per heavy atom. The van der Waals surface area contributed by atoms with Crippen molar-refractivity contribution in [1.29, 1.82) is 0 Å². The van der Waals surface area contributed by atoms with Gasteiger partial charge in [0, 0.05) is 17.1 Å². The van der Waals surface area contributed by atoms with Gasteiger partial charge in [0.25, 0.3) is 0 Å². The van der Waals surface area contributed by atoms with Crippen molar-refractivity contribution in [3.8, 4) is 0 Å². The van der Waals surface area contributed by atoms with E-state index in [4.69, 9.17) is 0 Å². The molecule has 1 nitrogen and oxygen atoms in total. The number of benzene rings is 1. The molecule has 0 radical (unpaired) electrons. The SMILES string of the molecule is CCCC1(CNC2CCc3cc(Br)ccc3C2)CC1. The molecule has 1 aromatic rings. The van der Waals surface area contributed by atoms with E-state index in [1.165, 1.54) is 56.0 Å². The van der Waals surface area contributed by atoms with Gasteiger partial charge in [-0.3, -0.25) is 0 Å². The molecule has 0 aliphatic heterocycles. The van der Waals surface area contributed by atoms with Crippen molar-refractivity contribution in [1.82, 2.24) is 5.32 Å². The van der Waals surface area contributed by atoms with Crippen LogP contribution < -0.4 is 5.32 Å². The Morgan fingerprint density at radius 1 is 1.32 bits per heavy atom. The molecule has 1 aromatic carbocycles. The van der Waals surface area contributed by atoms with Crippen molar-refractivity contribution in [3.63, 3.8) is 0 Å². The second-order valence-corrected chi connectivity index (χ2v) is 7.40. The number of rotatable bonds is 5. The Balaban J connectivity index is 1.56. The first-order chi connectivity index (χ1) is 9.21. The van der Waals surface area contributed by atoms with Gasteiger partial charge in [0.1, 0.15) is 0 Å². The van der Waals surface area contributed by atoms with Crippen molar-refractivity contribution in [2.75, 3.05) is 6.54 Å². The van der Waals surface area contributed by atoms with Crippen LogP contribution in [-0.2, 0) is 12.8 Å². The maximum absolute atomic E-state index is 3.85. The van der Waals surface area contributed by atoms with Gasteiger partial charge in [-0.2, -0.15) is 0 Å². The minimum atomic E-state index is 0.675. The molecule has 0 heterocycles. The molecule has 104 valence electrons. The van der Waals surface area contributed by atoms with Crippen LogP contribution in [0.3, 0.4) is 0 Å². The Bertz CT molecular complexity index is 451. The van der Waals surface area contributed by atoms with E-state index in [-0.39, 0.29) is 0 Å². The summed E-state index contributed by atoms with van der Waals surface area (Å²) < 4.78 is 1.22. The Labute approximate surface area is 125 Å². The lowest BCUT2D eigenvalue weighted by Crippen LogP contribution is -2.38. The number of aryl methyl sites for hydroxylation is 1. The second-order valence-electron chi connectivity index (χ2n) is 6.48. The van der Waals surface area contributed by atoms with E-state index in [1.54, 1.807) is 11.1 Å². The molecule has 0 spiro atoms. The highest BCUT2D eigenvalue weighted by molar-refractivity contribution is 9.10. The van der Waals surface area contributed by atoms with Crippen molar-refractivity contribution < 1.29 is 0 Å². The van der Waals surface area contributed by atoms with Crippen LogP contribution in [0.2, 0.25) is 0 Å². The summed E-state index contributed by atoms with van der Waals surface area (Å²) in [4.78, 5) is 0. The molecule has 0 saturated heterocycles. The van der Waals surface area contributed by atoms with Crippen LogP contribution in [0.1, 0.15) is 50.2 Å². The van der Waals surface area contributed by atoms with E-state index in [9.17, 15) is 0 Å². The molecular weight excluding hydrogens is 298 g/mol. The lowest BCUT2D eigenvalue weighted by atomic mass is 9.88. The molecule has 1 N–H and O–H groups in total. The summed E-state index contributed by atoms with van der Waals surface area (Å²) in [5.74, 6) is 0. The van der Waals surface area contributed by atoms with Crippen molar-refractivity contribution >= 4 is 15.9 Å². The normalized spacial score (nSPS) is 24.0. The maximum Gasteiger partial charge on any atom is 0.0178 e. The first-order valence-corrected chi connectivity index (χ1v) is 8.51. The number of nitrogens with one attached hydrogen (secondary N) is 1. The van der Waals surface area contributed by atoms with Crippen LogP contribution in [-0.4, -0.2) is 12.6 Å². The molecule has 1 saturated carbocycles. The maximum atomic E-state index is 3.85. The highest BCUT2D eigenvalue weighted by Crippen LogP contribution is 2.49. The Kier molecular flexibility index (Phi) is 4.00. The summed E-state index contributed by atoms with van der Waals surface area (Å²) >= 11 is 3.57. The van der Waals surface area contributed by atoms with Crippen LogP contribution >= 0.6 is 15.9 Å². The minimum Gasteiger partial charge on any atom is -0.313 e. The molecule has 0 amide bonds. The number of hydrogen-bond donors (Lipinski definition) is 1. The van der Waals surface area contributed by atoms with Gasteiger partial charge in [-0.15, -0.1) is 0 Å². The molecule has 3 rings (SSSR count). The molecular formula is C17H24BrN. The molecule has 0 bridgehead atoms. The number of fused-ring (bicyclic) bond motifs is 1. The van der Waals surface area contributed by atoms with Gasteiger partial charge in [0.2, 0.25) is 0 Å². The Hall–Kier alpha value is -0.340. The fraction of sp³-hybridized carbons (Fsp3) is 0.647. The van der Waals surface area contributed by atoms with E-state index < -0.39 is 0 Å². The highest BCUT2D eigenvalue weighted by Gasteiger charge is 2.41. The quantitative estimate of drug-likeness (QED) is 0.843. The number of hydrogen-bond acceptors (Lipinski definition) is 1. The molecule has 1 unspecified atom stereocenters. The molecule has 2 aliphatic carbocycles. The third kappa shape index (κ3) is 3.22. The standard InChI is InChI=1S/C17H24BrN/c1-2-7-17(8-9-17)12-19-16-6-4-13-10-15(18)5-3-14(13)11-16/h3,5,10,16,19H,2,4,6-9,11-12H2,1H3. The average molecular weight is 322 g/mol.